The van der Waals surface area contributed by atoms with Crippen LogP contribution in [0.4, 0.5) is 4.39 Å². The lowest BCUT2D eigenvalue weighted by Crippen LogP contribution is -2.42. The molecule has 4 nitrogen and oxygen atoms in total. The molecule has 2 unspecified atom stereocenters. The van der Waals surface area contributed by atoms with E-state index in [2.05, 4.69) is 12.2 Å². The van der Waals surface area contributed by atoms with Gasteiger partial charge in [-0.2, -0.15) is 0 Å². The first kappa shape index (κ1) is 23.0. The van der Waals surface area contributed by atoms with Crippen molar-refractivity contribution in [2.45, 2.75) is 64.2 Å². The highest BCUT2D eigenvalue weighted by molar-refractivity contribution is 7.83. The van der Waals surface area contributed by atoms with Crippen LogP contribution in [0.1, 0.15) is 64.5 Å². The lowest BCUT2D eigenvalue weighted by molar-refractivity contribution is -0.126. The Bertz CT molecular complexity index is 799. The largest absolute Gasteiger partial charge is 0.348 e. The second-order valence-corrected chi connectivity index (χ2v) is 11.6. The number of rotatable bonds is 6. The molecule has 1 saturated heterocycles. The van der Waals surface area contributed by atoms with Gasteiger partial charge in [0.15, 0.2) is 0 Å². The SMILES string of the molecule is CC(C)S(=O)N1CCC(C(=O)N[C@H](c2c(F)ccc(Cl)c2Cl)C2(C)CCCC2)C1. The highest BCUT2D eigenvalue weighted by Gasteiger charge is 2.43. The smallest absolute Gasteiger partial charge is 0.224 e. The molecule has 1 heterocycles. The van der Waals surface area contributed by atoms with Gasteiger partial charge in [-0.05, 0) is 50.7 Å². The summed E-state index contributed by atoms with van der Waals surface area (Å²) in [4.78, 5) is 13.1. The van der Waals surface area contributed by atoms with Crippen molar-refractivity contribution >= 4 is 40.1 Å². The quantitative estimate of drug-likeness (QED) is 0.585. The number of hydrogen-bond donors (Lipinski definition) is 1. The Labute approximate surface area is 185 Å². The molecule has 29 heavy (non-hydrogen) atoms. The fraction of sp³-hybridized carbons (Fsp3) is 0.667. The summed E-state index contributed by atoms with van der Waals surface area (Å²) in [5.41, 5.74) is -0.0123. The third kappa shape index (κ3) is 4.81. The van der Waals surface area contributed by atoms with Crippen molar-refractivity contribution in [2.24, 2.45) is 11.3 Å². The van der Waals surface area contributed by atoms with Crippen molar-refractivity contribution in [3.8, 4) is 0 Å². The number of carbonyl (C=O) groups is 1. The van der Waals surface area contributed by atoms with E-state index in [0.29, 0.717) is 19.5 Å². The third-order valence-electron chi connectivity index (χ3n) is 6.28. The normalized spacial score (nSPS) is 24.0. The zero-order valence-corrected chi connectivity index (χ0v) is 19.5. The first-order valence-electron chi connectivity index (χ1n) is 10.2. The van der Waals surface area contributed by atoms with E-state index in [4.69, 9.17) is 23.2 Å². The van der Waals surface area contributed by atoms with Gasteiger partial charge >= 0.3 is 0 Å². The zero-order chi connectivity index (χ0) is 21.3. The van der Waals surface area contributed by atoms with Gasteiger partial charge in [-0.15, -0.1) is 0 Å². The summed E-state index contributed by atoms with van der Waals surface area (Å²) < 4.78 is 29.1. The minimum absolute atomic E-state index is 0.0151. The molecule has 0 bridgehead atoms. The van der Waals surface area contributed by atoms with Crippen LogP contribution < -0.4 is 5.32 Å². The maximum absolute atomic E-state index is 14.8. The van der Waals surface area contributed by atoms with E-state index in [0.717, 1.165) is 25.7 Å². The topological polar surface area (TPSA) is 49.4 Å². The van der Waals surface area contributed by atoms with Crippen LogP contribution in [0.2, 0.25) is 10.0 Å². The summed E-state index contributed by atoms with van der Waals surface area (Å²) in [6.07, 6.45) is 4.47. The van der Waals surface area contributed by atoms with Crippen LogP contribution >= 0.6 is 23.2 Å². The van der Waals surface area contributed by atoms with Crippen LogP contribution in [-0.4, -0.2) is 32.8 Å². The molecule has 1 aliphatic heterocycles. The Morgan fingerprint density at radius 3 is 2.59 bits per heavy atom. The summed E-state index contributed by atoms with van der Waals surface area (Å²) in [5, 5.41) is 3.57. The fourth-order valence-electron chi connectivity index (χ4n) is 4.54. The molecule has 1 aliphatic carbocycles. The number of nitrogens with one attached hydrogen (secondary N) is 1. The van der Waals surface area contributed by atoms with Gasteiger partial charge in [-0.1, -0.05) is 43.0 Å². The van der Waals surface area contributed by atoms with Crippen LogP contribution in [-0.2, 0) is 15.8 Å². The lowest BCUT2D eigenvalue weighted by atomic mass is 9.76. The van der Waals surface area contributed by atoms with E-state index in [9.17, 15) is 13.4 Å². The average molecular weight is 463 g/mol. The molecular formula is C21H29Cl2FN2O2S. The molecule has 1 N–H and O–H groups in total. The number of nitrogens with zero attached hydrogens (tertiary/aromatic N) is 1. The van der Waals surface area contributed by atoms with Crippen LogP contribution in [0.25, 0.3) is 0 Å². The minimum Gasteiger partial charge on any atom is -0.348 e. The molecule has 2 aliphatic rings. The van der Waals surface area contributed by atoms with Crippen molar-refractivity contribution in [2.75, 3.05) is 13.1 Å². The molecule has 1 amide bonds. The summed E-state index contributed by atoms with van der Waals surface area (Å²) in [6.45, 7) is 6.97. The second kappa shape index (κ2) is 9.21. The molecule has 2 fully saturated rings. The Kier molecular flexibility index (Phi) is 7.30. The molecule has 0 spiro atoms. The predicted octanol–water partition coefficient (Wildman–Crippen LogP) is 5.26. The molecule has 0 aromatic heterocycles. The maximum atomic E-state index is 14.8. The summed E-state index contributed by atoms with van der Waals surface area (Å²) in [5.74, 6) is -0.861. The van der Waals surface area contributed by atoms with Crippen molar-refractivity contribution in [1.82, 2.24) is 9.62 Å². The van der Waals surface area contributed by atoms with E-state index in [1.165, 1.54) is 12.1 Å². The monoisotopic (exact) mass is 462 g/mol. The summed E-state index contributed by atoms with van der Waals surface area (Å²) >= 11 is 12.6. The number of halogens is 3. The number of carbonyl (C=O) groups excluding carboxylic acids is 1. The van der Waals surface area contributed by atoms with Gasteiger partial charge in [-0.25, -0.2) is 12.9 Å². The number of amides is 1. The molecule has 3 rings (SSSR count). The van der Waals surface area contributed by atoms with Crippen LogP contribution in [0.5, 0.6) is 0 Å². The Morgan fingerprint density at radius 2 is 1.97 bits per heavy atom. The van der Waals surface area contributed by atoms with Crippen LogP contribution in [0.15, 0.2) is 12.1 Å². The van der Waals surface area contributed by atoms with Gasteiger partial charge < -0.3 is 5.32 Å². The first-order chi connectivity index (χ1) is 13.6. The van der Waals surface area contributed by atoms with Crippen molar-refractivity contribution in [1.29, 1.82) is 0 Å². The lowest BCUT2D eigenvalue weighted by Gasteiger charge is -2.36. The highest BCUT2D eigenvalue weighted by atomic mass is 35.5. The Morgan fingerprint density at radius 1 is 1.31 bits per heavy atom. The van der Waals surface area contributed by atoms with Crippen LogP contribution in [0, 0.1) is 17.2 Å². The van der Waals surface area contributed by atoms with E-state index in [-0.39, 0.29) is 38.1 Å². The summed E-state index contributed by atoms with van der Waals surface area (Å²) in [7, 11) is -1.10. The fourth-order valence-corrected chi connectivity index (χ4v) is 6.17. The Hall–Kier alpha value is -0.690. The molecular weight excluding hydrogens is 434 g/mol. The van der Waals surface area contributed by atoms with E-state index < -0.39 is 22.8 Å². The predicted molar refractivity (Wildman–Crippen MR) is 117 cm³/mol. The average Bonchev–Trinajstić information content (AvgIpc) is 3.33. The first-order valence-corrected chi connectivity index (χ1v) is 12.2. The van der Waals surface area contributed by atoms with Gasteiger partial charge in [0, 0.05) is 23.9 Å². The van der Waals surface area contributed by atoms with Crippen LogP contribution in [0.3, 0.4) is 0 Å². The molecule has 8 heteroatoms. The van der Waals surface area contributed by atoms with E-state index >= 15 is 0 Å². The molecule has 1 aromatic carbocycles. The molecule has 1 aromatic rings. The van der Waals surface area contributed by atoms with Gasteiger partial charge in [-0.3, -0.25) is 4.79 Å². The van der Waals surface area contributed by atoms with E-state index in [1.54, 1.807) is 0 Å². The number of benzene rings is 1. The third-order valence-corrected chi connectivity index (χ3v) is 8.74. The van der Waals surface area contributed by atoms with Gasteiger partial charge in [0.2, 0.25) is 5.91 Å². The second-order valence-electron chi connectivity index (χ2n) is 8.76. The van der Waals surface area contributed by atoms with Crippen molar-refractivity contribution < 1.29 is 13.4 Å². The zero-order valence-electron chi connectivity index (χ0n) is 17.1. The standard InChI is InChI=1S/C21H29Cl2FN2O2S/c1-13(2)29(28)26-11-8-14(12-26)20(27)25-19(21(3)9-4-5-10-21)17-16(24)7-6-15(22)18(17)23/h6-7,13-14,19H,4-5,8-12H2,1-3H3,(H,25,27)/t14?,19-,29?/m1/s1. The molecule has 162 valence electrons. The Balaban J connectivity index is 1.85. The van der Waals surface area contributed by atoms with Crippen molar-refractivity contribution in [3.63, 3.8) is 0 Å². The molecule has 0 radical (unpaired) electrons. The van der Waals surface area contributed by atoms with E-state index in [1.807, 2.05) is 18.2 Å². The minimum atomic E-state index is -1.10. The molecule has 3 atom stereocenters. The van der Waals surface area contributed by atoms with Gasteiger partial charge in [0.25, 0.3) is 0 Å². The number of hydrogen-bond acceptors (Lipinski definition) is 2. The van der Waals surface area contributed by atoms with Crippen molar-refractivity contribution in [3.05, 3.63) is 33.6 Å². The summed E-state index contributed by atoms with van der Waals surface area (Å²) in [6, 6.07) is 2.20. The highest BCUT2D eigenvalue weighted by Crippen LogP contribution is 2.50. The van der Waals surface area contributed by atoms with Gasteiger partial charge in [0.05, 0.1) is 33.0 Å². The maximum Gasteiger partial charge on any atom is 0.224 e. The van der Waals surface area contributed by atoms with Gasteiger partial charge in [0.1, 0.15) is 5.82 Å². The molecule has 1 saturated carbocycles.